The maximum Gasteiger partial charge on any atom is 0.325 e. The van der Waals surface area contributed by atoms with E-state index in [1.807, 2.05) is 38.1 Å². The molecule has 1 aliphatic rings. The molecule has 31 heavy (non-hydrogen) atoms. The molecule has 1 aliphatic heterocycles. The van der Waals surface area contributed by atoms with Gasteiger partial charge < -0.3 is 23.9 Å². The van der Waals surface area contributed by atoms with Gasteiger partial charge in [-0.25, -0.2) is 4.98 Å². The first kappa shape index (κ1) is 19.4. The van der Waals surface area contributed by atoms with Crippen LogP contribution in [0.25, 0.3) is 10.9 Å². The highest BCUT2D eigenvalue weighted by atomic mass is 16.5. The molecule has 0 radical (unpaired) electrons. The van der Waals surface area contributed by atoms with E-state index in [0.717, 1.165) is 54.4 Å². The number of aromatic amines is 1. The second kappa shape index (κ2) is 7.92. The standard InChI is InChI=1S/C22H25N7O2/c1-14-10-16-11-17(4-5-18(16)24-14)31-22-26-19(25-21-23-13-15(2)30-21)12-20(27-22)29-8-6-28(3)7-9-29/h4-5,10-13,24H,6-9H2,1-3H3,(H,23,25,26,27). The number of fused-ring (bicyclic) bond motifs is 1. The summed E-state index contributed by atoms with van der Waals surface area (Å²) in [5, 5.41) is 4.20. The summed E-state index contributed by atoms with van der Waals surface area (Å²) in [5.41, 5.74) is 2.17. The number of hydrogen-bond donors (Lipinski definition) is 2. The molecule has 0 amide bonds. The first-order valence-electron chi connectivity index (χ1n) is 10.3. The summed E-state index contributed by atoms with van der Waals surface area (Å²) in [5.74, 6) is 2.78. The molecule has 9 nitrogen and oxygen atoms in total. The van der Waals surface area contributed by atoms with Gasteiger partial charge in [-0.05, 0) is 45.2 Å². The molecule has 1 aromatic carbocycles. The predicted molar refractivity (Wildman–Crippen MR) is 119 cm³/mol. The van der Waals surface area contributed by atoms with Gasteiger partial charge in [0.25, 0.3) is 6.01 Å². The summed E-state index contributed by atoms with van der Waals surface area (Å²) in [4.78, 5) is 21.3. The monoisotopic (exact) mass is 419 g/mol. The van der Waals surface area contributed by atoms with Gasteiger partial charge in [-0.15, -0.1) is 0 Å². The SMILES string of the molecule is Cc1cc2cc(Oc3nc(Nc4ncc(C)o4)cc(N4CCN(C)CC4)n3)ccc2[nH]1. The topological polar surface area (TPSA) is 95.3 Å². The van der Waals surface area contributed by atoms with Gasteiger partial charge in [0, 0.05) is 48.8 Å². The van der Waals surface area contributed by atoms with Crippen molar-refractivity contribution in [3.8, 4) is 11.8 Å². The number of piperazine rings is 1. The van der Waals surface area contributed by atoms with Crippen LogP contribution in [-0.2, 0) is 0 Å². The van der Waals surface area contributed by atoms with E-state index in [0.29, 0.717) is 17.6 Å². The Morgan fingerprint density at radius 2 is 1.90 bits per heavy atom. The molecule has 0 atom stereocenters. The number of nitrogens with one attached hydrogen (secondary N) is 2. The van der Waals surface area contributed by atoms with Crippen LogP contribution in [0.3, 0.4) is 0 Å². The molecule has 1 saturated heterocycles. The Labute approximate surface area is 180 Å². The average molecular weight is 419 g/mol. The van der Waals surface area contributed by atoms with Gasteiger partial charge in [0.15, 0.2) is 0 Å². The quantitative estimate of drug-likeness (QED) is 0.504. The van der Waals surface area contributed by atoms with Gasteiger partial charge in [-0.2, -0.15) is 9.97 Å². The highest BCUT2D eigenvalue weighted by Gasteiger charge is 2.18. The summed E-state index contributed by atoms with van der Waals surface area (Å²) in [6, 6.07) is 10.5. The first-order chi connectivity index (χ1) is 15.0. The number of ether oxygens (including phenoxy) is 1. The third-order valence-corrected chi connectivity index (χ3v) is 5.31. The van der Waals surface area contributed by atoms with Crippen LogP contribution < -0.4 is 15.0 Å². The zero-order valence-electron chi connectivity index (χ0n) is 17.8. The Balaban J connectivity index is 1.46. The molecule has 1 fully saturated rings. The van der Waals surface area contributed by atoms with Crippen LogP contribution in [0.15, 0.2) is 40.9 Å². The number of aromatic nitrogens is 4. The molecule has 0 saturated carbocycles. The molecule has 3 aromatic heterocycles. The number of anilines is 3. The Kier molecular flexibility index (Phi) is 4.95. The van der Waals surface area contributed by atoms with Gasteiger partial charge in [-0.3, -0.25) is 5.32 Å². The van der Waals surface area contributed by atoms with Crippen molar-refractivity contribution < 1.29 is 9.15 Å². The minimum absolute atomic E-state index is 0.272. The van der Waals surface area contributed by atoms with Crippen molar-refractivity contribution in [3.05, 3.63) is 48.0 Å². The summed E-state index contributed by atoms with van der Waals surface area (Å²) >= 11 is 0. The molecule has 0 spiro atoms. The Morgan fingerprint density at radius 3 is 2.68 bits per heavy atom. The second-order valence-corrected chi connectivity index (χ2v) is 7.89. The van der Waals surface area contributed by atoms with E-state index >= 15 is 0 Å². The van der Waals surface area contributed by atoms with Crippen LogP contribution in [0.5, 0.6) is 11.8 Å². The number of benzene rings is 1. The van der Waals surface area contributed by atoms with Gasteiger partial charge in [0.2, 0.25) is 0 Å². The highest BCUT2D eigenvalue weighted by Crippen LogP contribution is 2.28. The lowest BCUT2D eigenvalue weighted by atomic mass is 10.2. The summed E-state index contributed by atoms with van der Waals surface area (Å²) in [7, 11) is 2.13. The van der Waals surface area contributed by atoms with E-state index < -0.39 is 0 Å². The minimum atomic E-state index is 0.272. The van der Waals surface area contributed by atoms with E-state index in [1.165, 1.54) is 0 Å². The highest BCUT2D eigenvalue weighted by molar-refractivity contribution is 5.81. The van der Waals surface area contributed by atoms with E-state index in [9.17, 15) is 0 Å². The summed E-state index contributed by atoms with van der Waals surface area (Å²) in [6.07, 6.45) is 1.66. The fourth-order valence-electron chi connectivity index (χ4n) is 3.67. The number of hydrogen-bond acceptors (Lipinski definition) is 8. The number of oxazole rings is 1. The lowest BCUT2D eigenvalue weighted by Gasteiger charge is -2.33. The van der Waals surface area contributed by atoms with Crippen molar-refractivity contribution in [1.29, 1.82) is 0 Å². The molecule has 9 heteroatoms. The van der Waals surface area contributed by atoms with Crippen LogP contribution in [0, 0.1) is 13.8 Å². The smallest absolute Gasteiger partial charge is 0.325 e. The third-order valence-electron chi connectivity index (χ3n) is 5.31. The minimum Gasteiger partial charge on any atom is -0.429 e. The summed E-state index contributed by atoms with van der Waals surface area (Å²) in [6.45, 7) is 7.61. The van der Waals surface area contributed by atoms with Crippen molar-refractivity contribution in [3.63, 3.8) is 0 Å². The maximum atomic E-state index is 6.07. The van der Waals surface area contributed by atoms with E-state index in [-0.39, 0.29) is 6.01 Å². The molecular weight excluding hydrogens is 394 g/mol. The van der Waals surface area contributed by atoms with Crippen molar-refractivity contribution >= 4 is 28.6 Å². The zero-order valence-corrected chi connectivity index (χ0v) is 17.8. The molecule has 4 aromatic rings. The Morgan fingerprint density at radius 1 is 1.06 bits per heavy atom. The van der Waals surface area contributed by atoms with E-state index in [4.69, 9.17) is 9.15 Å². The van der Waals surface area contributed by atoms with E-state index in [1.54, 1.807) is 6.20 Å². The third kappa shape index (κ3) is 4.31. The molecular formula is C22H25N7O2. The molecule has 0 bridgehead atoms. The van der Waals surface area contributed by atoms with Crippen LogP contribution in [-0.4, -0.2) is 58.1 Å². The summed E-state index contributed by atoms with van der Waals surface area (Å²) < 4.78 is 11.6. The number of rotatable bonds is 5. The second-order valence-electron chi connectivity index (χ2n) is 7.89. The average Bonchev–Trinajstić information content (AvgIpc) is 3.32. The molecule has 5 rings (SSSR count). The molecule has 2 N–H and O–H groups in total. The van der Waals surface area contributed by atoms with Crippen molar-refractivity contribution in [2.24, 2.45) is 0 Å². The Hall–Kier alpha value is -3.59. The largest absolute Gasteiger partial charge is 0.429 e. The van der Waals surface area contributed by atoms with Crippen LogP contribution in [0.1, 0.15) is 11.5 Å². The van der Waals surface area contributed by atoms with Crippen molar-refractivity contribution in [2.45, 2.75) is 13.8 Å². The fraction of sp³-hybridized carbons (Fsp3) is 0.318. The number of aryl methyl sites for hydroxylation is 2. The Bertz CT molecular complexity index is 1210. The van der Waals surface area contributed by atoms with Crippen molar-refractivity contribution in [1.82, 2.24) is 24.8 Å². The van der Waals surface area contributed by atoms with Crippen LogP contribution in [0.2, 0.25) is 0 Å². The van der Waals surface area contributed by atoms with Crippen LogP contribution >= 0.6 is 0 Å². The molecule has 4 heterocycles. The van der Waals surface area contributed by atoms with Crippen molar-refractivity contribution in [2.75, 3.05) is 43.4 Å². The predicted octanol–water partition coefficient (Wildman–Crippen LogP) is 3.85. The normalized spacial score (nSPS) is 14.9. The van der Waals surface area contributed by atoms with E-state index in [2.05, 4.69) is 48.2 Å². The molecule has 0 aliphatic carbocycles. The fourth-order valence-corrected chi connectivity index (χ4v) is 3.67. The number of H-pyrrole nitrogens is 1. The maximum absolute atomic E-state index is 6.07. The number of likely N-dealkylation sites (N-methyl/N-ethyl adjacent to an activating group) is 1. The lowest BCUT2D eigenvalue weighted by molar-refractivity contribution is 0.311. The molecule has 160 valence electrons. The first-order valence-corrected chi connectivity index (χ1v) is 10.3. The lowest BCUT2D eigenvalue weighted by Crippen LogP contribution is -2.44. The zero-order chi connectivity index (χ0) is 21.4. The van der Waals surface area contributed by atoms with Gasteiger partial charge in [0.1, 0.15) is 23.1 Å². The molecule has 0 unspecified atom stereocenters. The van der Waals surface area contributed by atoms with Gasteiger partial charge in [0.05, 0.1) is 6.20 Å². The van der Waals surface area contributed by atoms with Crippen LogP contribution in [0.4, 0.5) is 17.7 Å². The number of nitrogens with zero attached hydrogens (tertiary/aromatic N) is 5. The van der Waals surface area contributed by atoms with Gasteiger partial charge >= 0.3 is 6.01 Å². The van der Waals surface area contributed by atoms with Gasteiger partial charge in [-0.1, -0.05) is 0 Å².